The number of hydrogen-bond donors (Lipinski definition) is 2. The van der Waals surface area contributed by atoms with Gasteiger partial charge in [0.25, 0.3) is 0 Å². The molecule has 2 atom stereocenters. The Morgan fingerprint density at radius 3 is 2.88 bits per heavy atom. The van der Waals surface area contributed by atoms with Gasteiger partial charge in [0.05, 0.1) is 19.3 Å². The van der Waals surface area contributed by atoms with Crippen LogP contribution in [-0.2, 0) is 16.0 Å². The van der Waals surface area contributed by atoms with Gasteiger partial charge in [-0.3, -0.25) is 10.1 Å². The highest BCUT2D eigenvalue weighted by atomic mass is 16.5. The van der Waals surface area contributed by atoms with E-state index in [0.717, 1.165) is 12.8 Å². The number of hydrogen-bond acceptors (Lipinski definition) is 3. The number of carbonyl (C=O) groups excluding carboxylic acids is 1. The summed E-state index contributed by atoms with van der Waals surface area (Å²) in [5.41, 5.74) is 3.73. The fraction of sp³-hybridized carbons (Fsp3) is 0.550. The zero-order valence-electron chi connectivity index (χ0n) is 15.0. The Morgan fingerprint density at radius 1 is 1.32 bits per heavy atom. The number of carbonyl (C=O) groups is 1. The van der Waals surface area contributed by atoms with Crippen LogP contribution in [0.1, 0.15) is 37.4 Å². The molecule has 2 aromatic rings. The van der Waals surface area contributed by atoms with Crippen molar-refractivity contribution in [1.82, 2.24) is 15.2 Å². The first-order valence-corrected chi connectivity index (χ1v) is 9.35. The van der Waals surface area contributed by atoms with Gasteiger partial charge in [-0.25, -0.2) is 0 Å². The van der Waals surface area contributed by atoms with E-state index in [9.17, 15) is 4.79 Å². The Balaban J connectivity index is 1.69. The lowest BCUT2D eigenvalue weighted by molar-refractivity contribution is -0.137. The van der Waals surface area contributed by atoms with E-state index in [4.69, 9.17) is 4.74 Å². The molecule has 0 spiro atoms. The number of morpholine rings is 1. The van der Waals surface area contributed by atoms with Crippen LogP contribution in [0.3, 0.4) is 0 Å². The average Bonchev–Trinajstić information content (AvgIpc) is 2.96. The second-order valence-electron chi connectivity index (χ2n) is 7.63. The predicted molar refractivity (Wildman–Crippen MR) is 98.5 cm³/mol. The van der Waals surface area contributed by atoms with Gasteiger partial charge in [0, 0.05) is 36.2 Å². The van der Waals surface area contributed by atoms with Crippen LogP contribution >= 0.6 is 0 Å². The summed E-state index contributed by atoms with van der Waals surface area (Å²) < 4.78 is 5.40. The number of benzene rings is 1. The molecule has 5 nitrogen and oxygen atoms in total. The van der Waals surface area contributed by atoms with Crippen molar-refractivity contribution in [3.05, 3.63) is 35.5 Å². The van der Waals surface area contributed by atoms with Crippen molar-refractivity contribution in [1.29, 1.82) is 0 Å². The van der Waals surface area contributed by atoms with Crippen LogP contribution in [0, 0.1) is 5.92 Å². The minimum absolute atomic E-state index is 0.173. The van der Waals surface area contributed by atoms with E-state index in [1.165, 1.54) is 22.0 Å². The van der Waals surface area contributed by atoms with E-state index in [1.807, 2.05) is 4.90 Å². The van der Waals surface area contributed by atoms with Crippen LogP contribution in [-0.4, -0.2) is 48.1 Å². The first kappa shape index (κ1) is 16.6. The highest BCUT2D eigenvalue weighted by Gasteiger charge is 2.32. The highest BCUT2D eigenvalue weighted by molar-refractivity contribution is 5.90. The molecule has 2 aliphatic rings. The maximum absolute atomic E-state index is 13.1. The fourth-order valence-electron chi connectivity index (χ4n) is 4.18. The predicted octanol–water partition coefficient (Wildman–Crippen LogP) is 2.63. The van der Waals surface area contributed by atoms with Gasteiger partial charge < -0.3 is 14.6 Å². The summed E-state index contributed by atoms with van der Waals surface area (Å²) in [5.74, 6) is 0.770. The van der Waals surface area contributed by atoms with Crippen LogP contribution < -0.4 is 5.32 Å². The number of ether oxygens (including phenoxy) is 1. The Labute approximate surface area is 148 Å². The number of H-pyrrole nitrogens is 1. The summed E-state index contributed by atoms with van der Waals surface area (Å²) in [6, 6.07) is 6.47. The van der Waals surface area contributed by atoms with Crippen molar-refractivity contribution >= 4 is 16.8 Å². The minimum atomic E-state index is -0.173. The maximum atomic E-state index is 13.1. The van der Waals surface area contributed by atoms with Crippen LogP contribution in [0.15, 0.2) is 24.4 Å². The molecular weight excluding hydrogens is 314 g/mol. The lowest BCUT2D eigenvalue weighted by Crippen LogP contribution is -2.51. The van der Waals surface area contributed by atoms with Crippen LogP contribution in [0.2, 0.25) is 0 Å². The molecule has 0 bridgehead atoms. The third-order valence-corrected chi connectivity index (χ3v) is 5.35. The Bertz CT molecular complexity index is 761. The van der Waals surface area contributed by atoms with Gasteiger partial charge in [0.15, 0.2) is 0 Å². The Kier molecular flexibility index (Phi) is 4.52. The minimum Gasteiger partial charge on any atom is -0.378 e. The van der Waals surface area contributed by atoms with E-state index in [-0.39, 0.29) is 18.0 Å². The topological polar surface area (TPSA) is 57.4 Å². The van der Waals surface area contributed by atoms with Crippen LogP contribution in [0.4, 0.5) is 0 Å². The molecule has 2 N–H and O–H groups in total. The van der Waals surface area contributed by atoms with Gasteiger partial charge in [0.2, 0.25) is 5.91 Å². The van der Waals surface area contributed by atoms with Gasteiger partial charge in [0.1, 0.15) is 0 Å². The number of aromatic amines is 1. The van der Waals surface area contributed by atoms with Gasteiger partial charge in [-0.1, -0.05) is 26.0 Å². The van der Waals surface area contributed by atoms with E-state index in [0.29, 0.717) is 32.2 Å². The molecule has 134 valence electrons. The molecule has 1 saturated heterocycles. The largest absolute Gasteiger partial charge is 0.378 e. The van der Waals surface area contributed by atoms with Gasteiger partial charge in [-0.05, 0) is 36.0 Å². The molecular formula is C20H27N3O2. The van der Waals surface area contributed by atoms with E-state index in [2.05, 4.69) is 48.5 Å². The van der Waals surface area contributed by atoms with Crippen molar-refractivity contribution in [2.24, 2.45) is 5.92 Å². The van der Waals surface area contributed by atoms with Gasteiger partial charge in [-0.15, -0.1) is 0 Å². The van der Waals surface area contributed by atoms with E-state index in [1.54, 1.807) is 0 Å². The summed E-state index contributed by atoms with van der Waals surface area (Å²) in [4.78, 5) is 18.5. The quantitative estimate of drug-likeness (QED) is 0.902. The molecule has 0 radical (unpaired) electrons. The van der Waals surface area contributed by atoms with Crippen molar-refractivity contribution in [2.75, 3.05) is 26.3 Å². The molecule has 1 aromatic carbocycles. The summed E-state index contributed by atoms with van der Waals surface area (Å²) in [6.07, 6.45) is 3.84. The summed E-state index contributed by atoms with van der Waals surface area (Å²) in [5, 5.41) is 5.00. The zero-order valence-corrected chi connectivity index (χ0v) is 15.0. The molecule has 1 fully saturated rings. The van der Waals surface area contributed by atoms with E-state index >= 15 is 0 Å². The lowest BCUT2D eigenvalue weighted by atomic mass is 9.94. The molecule has 0 aliphatic carbocycles. The molecule has 2 unspecified atom stereocenters. The van der Waals surface area contributed by atoms with Crippen LogP contribution in [0.5, 0.6) is 0 Å². The third-order valence-electron chi connectivity index (χ3n) is 5.35. The van der Waals surface area contributed by atoms with Crippen molar-refractivity contribution < 1.29 is 9.53 Å². The third kappa shape index (κ3) is 3.18. The van der Waals surface area contributed by atoms with Crippen molar-refractivity contribution in [3.63, 3.8) is 0 Å². The number of nitrogens with one attached hydrogen (secondary N) is 2. The number of nitrogens with zero attached hydrogens (tertiary/aromatic N) is 1. The van der Waals surface area contributed by atoms with Crippen molar-refractivity contribution in [3.8, 4) is 0 Å². The molecule has 3 heterocycles. The Hall–Kier alpha value is -1.85. The SMILES string of the molecule is CC(C)CC1NC(C(=O)N2CCOCC2)Cc2c[nH]c3cccc1c23. The summed E-state index contributed by atoms with van der Waals surface area (Å²) >= 11 is 0. The number of rotatable bonds is 3. The van der Waals surface area contributed by atoms with Gasteiger partial charge in [-0.2, -0.15) is 0 Å². The second-order valence-corrected chi connectivity index (χ2v) is 7.63. The number of amides is 1. The molecule has 0 saturated carbocycles. The normalized spacial score (nSPS) is 23.9. The lowest BCUT2D eigenvalue weighted by Gasteiger charge is -2.32. The molecule has 1 aromatic heterocycles. The van der Waals surface area contributed by atoms with E-state index < -0.39 is 0 Å². The number of aromatic nitrogens is 1. The zero-order chi connectivity index (χ0) is 17.4. The summed E-state index contributed by atoms with van der Waals surface area (Å²) in [7, 11) is 0. The standard InChI is InChI=1S/C20H27N3O2/c1-13(2)10-17-15-4-3-5-16-19(15)14(12-21-16)11-18(22-17)20(24)23-6-8-25-9-7-23/h3-5,12-13,17-18,21-22H,6-11H2,1-2H3. The van der Waals surface area contributed by atoms with Gasteiger partial charge >= 0.3 is 0 Å². The maximum Gasteiger partial charge on any atom is 0.240 e. The smallest absolute Gasteiger partial charge is 0.240 e. The molecule has 4 rings (SSSR count). The average molecular weight is 341 g/mol. The molecule has 1 amide bonds. The second kappa shape index (κ2) is 6.81. The first-order chi connectivity index (χ1) is 12.1. The Morgan fingerprint density at radius 2 is 2.12 bits per heavy atom. The van der Waals surface area contributed by atoms with Crippen LogP contribution in [0.25, 0.3) is 10.9 Å². The molecule has 5 heteroatoms. The highest BCUT2D eigenvalue weighted by Crippen LogP contribution is 2.34. The monoisotopic (exact) mass is 341 g/mol. The fourth-order valence-corrected chi connectivity index (χ4v) is 4.18. The summed E-state index contributed by atoms with van der Waals surface area (Å²) in [6.45, 7) is 7.15. The first-order valence-electron chi connectivity index (χ1n) is 9.35. The molecule has 2 aliphatic heterocycles. The molecule has 25 heavy (non-hydrogen) atoms. The van der Waals surface area contributed by atoms with Crippen molar-refractivity contribution in [2.45, 2.75) is 38.8 Å².